The molecule has 1 fully saturated rings. The third-order valence-electron chi connectivity index (χ3n) is 7.73. The summed E-state index contributed by atoms with van der Waals surface area (Å²) in [6.45, 7) is 3.35. The van der Waals surface area contributed by atoms with E-state index < -0.39 is 35.0 Å². The van der Waals surface area contributed by atoms with Crippen molar-refractivity contribution in [1.29, 1.82) is 0 Å². The van der Waals surface area contributed by atoms with Gasteiger partial charge < -0.3 is 9.80 Å². The van der Waals surface area contributed by atoms with Gasteiger partial charge in [-0.1, -0.05) is 29.3 Å². The molecule has 16 heteroatoms. The quantitative estimate of drug-likeness (QED) is 0.198. The summed E-state index contributed by atoms with van der Waals surface area (Å²) in [5.74, 6) is -0.599. The lowest BCUT2D eigenvalue weighted by Gasteiger charge is -2.36. The minimum atomic E-state index is -5.07. The number of hydrogen-bond donors (Lipinski definition) is 0. The topological polar surface area (TPSA) is 69.9 Å². The normalized spacial score (nSPS) is 15.4. The van der Waals surface area contributed by atoms with E-state index in [1.54, 1.807) is 35.1 Å². The molecule has 2 aromatic carbocycles. The number of halogens is 8. The van der Waals surface area contributed by atoms with E-state index in [4.69, 9.17) is 23.2 Å². The molecule has 0 radical (unpaired) electrons. The number of aromatic nitrogens is 4. The molecule has 1 saturated heterocycles. The van der Waals surface area contributed by atoms with Crippen molar-refractivity contribution in [3.05, 3.63) is 87.4 Å². The zero-order chi connectivity index (χ0) is 32.5. The van der Waals surface area contributed by atoms with Crippen LogP contribution in [0.4, 0.5) is 32.2 Å². The Morgan fingerprint density at radius 2 is 1.60 bits per heavy atom. The standard InChI is InChI=1S/C29H27Cl2F6N7O/c1-41(27(45)20-12-21(28(32,33)34)15-22(13-20)29(35,36)37)16-19(18-2-3-23(30)24(31)14-18)4-6-42-8-10-43(11-9-42)25-26-39-17-40-44(26)7-5-38-25/h2-3,5,7,12-15,17,19H,4,6,8-11,16H2,1H3. The molecule has 0 N–H and O–H groups in total. The van der Waals surface area contributed by atoms with Crippen LogP contribution >= 0.6 is 23.2 Å². The van der Waals surface area contributed by atoms with Gasteiger partial charge in [0.1, 0.15) is 6.33 Å². The van der Waals surface area contributed by atoms with Crippen LogP contribution in [0.15, 0.2) is 55.1 Å². The van der Waals surface area contributed by atoms with Gasteiger partial charge in [0.25, 0.3) is 5.91 Å². The summed E-state index contributed by atoms with van der Waals surface area (Å²) in [7, 11) is 1.34. The second-order valence-electron chi connectivity index (χ2n) is 10.7. The van der Waals surface area contributed by atoms with Crippen LogP contribution in [0.5, 0.6) is 0 Å². The lowest BCUT2D eigenvalue weighted by atomic mass is 9.94. The highest BCUT2D eigenvalue weighted by Gasteiger charge is 2.38. The van der Waals surface area contributed by atoms with Crippen molar-refractivity contribution in [1.82, 2.24) is 29.4 Å². The molecule has 0 saturated carbocycles. The maximum Gasteiger partial charge on any atom is 0.416 e. The number of carbonyl (C=O) groups excluding carboxylic acids is 1. The van der Waals surface area contributed by atoms with Gasteiger partial charge in [0.15, 0.2) is 11.5 Å². The fraction of sp³-hybridized carbons (Fsp3) is 0.379. The number of nitrogens with zero attached hydrogens (tertiary/aromatic N) is 7. The van der Waals surface area contributed by atoms with Crippen LogP contribution in [0.3, 0.4) is 0 Å². The summed E-state index contributed by atoms with van der Waals surface area (Å²) >= 11 is 12.4. The Kier molecular flexibility index (Phi) is 9.47. The Hall–Kier alpha value is -3.62. The summed E-state index contributed by atoms with van der Waals surface area (Å²) in [5.41, 5.74) is -2.43. The molecule has 4 aromatic rings. The van der Waals surface area contributed by atoms with E-state index in [-0.39, 0.29) is 23.6 Å². The summed E-state index contributed by atoms with van der Waals surface area (Å²) in [6, 6.07) is 5.88. The molecule has 5 rings (SSSR count). The first-order chi connectivity index (χ1) is 21.2. The number of benzene rings is 2. The van der Waals surface area contributed by atoms with E-state index in [2.05, 4.69) is 24.9 Å². The lowest BCUT2D eigenvalue weighted by Crippen LogP contribution is -2.47. The van der Waals surface area contributed by atoms with E-state index in [9.17, 15) is 31.1 Å². The van der Waals surface area contributed by atoms with E-state index in [0.29, 0.717) is 61.9 Å². The van der Waals surface area contributed by atoms with Gasteiger partial charge in [-0.2, -0.15) is 31.4 Å². The third kappa shape index (κ3) is 7.61. The van der Waals surface area contributed by atoms with Crippen molar-refractivity contribution in [2.24, 2.45) is 0 Å². The van der Waals surface area contributed by atoms with E-state index in [1.807, 2.05) is 0 Å². The summed E-state index contributed by atoms with van der Waals surface area (Å²) in [6.07, 6.45) is -4.78. The Morgan fingerprint density at radius 3 is 2.22 bits per heavy atom. The Balaban J connectivity index is 1.30. The fourth-order valence-corrected chi connectivity index (χ4v) is 5.64. The van der Waals surface area contributed by atoms with Crippen LogP contribution < -0.4 is 4.90 Å². The van der Waals surface area contributed by atoms with Crippen molar-refractivity contribution in [3.63, 3.8) is 0 Å². The van der Waals surface area contributed by atoms with Crippen LogP contribution in [-0.4, -0.2) is 81.6 Å². The second kappa shape index (κ2) is 13.0. The molecule has 45 heavy (non-hydrogen) atoms. The Morgan fingerprint density at radius 1 is 0.933 bits per heavy atom. The molecule has 0 aliphatic carbocycles. The van der Waals surface area contributed by atoms with Gasteiger partial charge in [-0.05, 0) is 48.9 Å². The first-order valence-electron chi connectivity index (χ1n) is 13.8. The highest BCUT2D eigenvalue weighted by Crippen LogP contribution is 2.37. The monoisotopic (exact) mass is 673 g/mol. The van der Waals surface area contributed by atoms with Crippen LogP contribution in [0.25, 0.3) is 5.65 Å². The van der Waals surface area contributed by atoms with Crippen molar-refractivity contribution in [2.45, 2.75) is 24.7 Å². The smallest absolute Gasteiger partial charge is 0.351 e. The molecule has 1 aliphatic rings. The minimum absolute atomic E-state index is 0.00237. The number of amides is 1. The molecule has 0 bridgehead atoms. The molecule has 1 unspecified atom stereocenters. The molecule has 2 aromatic heterocycles. The molecular formula is C29H27Cl2F6N7O. The summed E-state index contributed by atoms with van der Waals surface area (Å²) < 4.78 is 82.2. The number of anilines is 1. The molecule has 3 heterocycles. The zero-order valence-electron chi connectivity index (χ0n) is 23.8. The maximum atomic E-state index is 13.4. The average Bonchev–Trinajstić information content (AvgIpc) is 3.49. The molecule has 1 aliphatic heterocycles. The maximum absolute atomic E-state index is 13.4. The van der Waals surface area contributed by atoms with Gasteiger partial charge in [-0.25, -0.2) is 14.5 Å². The van der Waals surface area contributed by atoms with Crippen molar-refractivity contribution in [3.8, 4) is 0 Å². The van der Waals surface area contributed by atoms with Crippen molar-refractivity contribution in [2.75, 3.05) is 51.2 Å². The Labute approximate surface area is 264 Å². The molecule has 8 nitrogen and oxygen atoms in total. The SMILES string of the molecule is CN(CC(CCN1CCN(c2nccn3ncnc23)CC1)c1ccc(Cl)c(Cl)c1)C(=O)c1cc(C(F)(F)F)cc(C(F)(F)F)c1. The van der Waals surface area contributed by atoms with E-state index >= 15 is 0 Å². The summed E-state index contributed by atoms with van der Waals surface area (Å²) in [4.78, 5) is 27.5. The number of fused-ring (bicyclic) bond motifs is 1. The highest BCUT2D eigenvalue weighted by molar-refractivity contribution is 6.42. The van der Waals surface area contributed by atoms with Gasteiger partial charge in [0.05, 0.1) is 21.2 Å². The zero-order valence-corrected chi connectivity index (χ0v) is 25.3. The van der Waals surface area contributed by atoms with Crippen LogP contribution in [0, 0.1) is 0 Å². The highest BCUT2D eigenvalue weighted by atomic mass is 35.5. The van der Waals surface area contributed by atoms with Crippen LogP contribution in [0.1, 0.15) is 39.4 Å². The minimum Gasteiger partial charge on any atom is -0.351 e. The molecule has 1 amide bonds. The first-order valence-corrected chi connectivity index (χ1v) is 14.6. The number of hydrogen-bond acceptors (Lipinski definition) is 6. The van der Waals surface area contributed by atoms with Crippen molar-refractivity contribution >= 4 is 40.6 Å². The van der Waals surface area contributed by atoms with Gasteiger partial charge >= 0.3 is 12.4 Å². The first kappa shape index (κ1) is 32.8. The average molecular weight is 674 g/mol. The van der Waals surface area contributed by atoms with E-state index in [0.717, 1.165) is 16.3 Å². The van der Waals surface area contributed by atoms with Gasteiger partial charge in [0, 0.05) is 63.6 Å². The molecule has 0 spiro atoms. The number of likely N-dealkylation sites (N-methyl/N-ethyl adjacent to an activating group) is 1. The lowest BCUT2D eigenvalue weighted by molar-refractivity contribution is -0.143. The Bertz CT molecular complexity index is 1640. The molecule has 1 atom stereocenters. The number of carbonyl (C=O) groups is 1. The van der Waals surface area contributed by atoms with Crippen molar-refractivity contribution < 1.29 is 31.1 Å². The number of alkyl halides is 6. The van der Waals surface area contributed by atoms with Crippen LogP contribution in [-0.2, 0) is 12.4 Å². The molecular weight excluding hydrogens is 647 g/mol. The molecule has 240 valence electrons. The predicted octanol–water partition coefficient (Wildman–Crippen LogP) is 6.54. The predicted molar refractivity (Wildman–Crippen MR) is 157 cm³/mol. The number of rotatable bonds is 8. The van der Waals surface area contributed by atoms with E-state index in [1.165, 1.54) is 13.4 Å². The van der Waals surface area contributed by atoms with Gasteiger partial charge in [-0.15, -0.1) is 0 Å². The fourth-order valence-electron chi connectivity index (χ4n) is 5.33. The second-order valence-corrected chi connectivity index (χ2v) is 11.6. The summed E-state index contributed by atoms with van der Waals surface area (Å²) in [5, 5.41) is 4.75. The van der Waals surface area contributed by atoms with Gasteiger partial charge in [0.2, 0.25) is 0 Å². The van der Waals surface area contributed by atoms with Gasteiger partial charge in [-0.3, -0.25) is 9.69 Å². The largest absolute Gasteiger partial charge is 0.416 e. The number of piperazine rings is 1. The van der Waals surface area contributed by atoms with Crippen LogP contribution in [0.2, 0.25) is 10.0 Å². The third-order valence-corrected chi connectivity index (χ3v) is 8.47.